The number of anilines is 1. The van der Waals surface area contributed by atoms with Crippen LogP contribution in [0.1, 0.15) is 12.0 Å². The van der Waals surface area contributed by atoms with E-state index in [1.165, 1.54) is 12.1 Å². The lowest BCUT2D eigenvalue weighted by Crippen LogP contribution is -2.27. The topological polar surface area (TPSA) is 32.3 Å². The summed E-state index contributed by atoms with van der Waals surface area (Å²) in [6, 6.07) is 14.2. The lowest BCUT2D eigenvalue weighted by molar-refractivity contribution is -0.130. The summed E-state index contributed by atoms with van der Waals surface area (Å²) < 4.78 is 13.0. The van der Waals surface area contributed by atoms with Crippen LogP contribution in [0.2, 0.25) is 5.02 Å². The van der Waals surface area contributed by atoms with Gasteiger partial charge in [0.1, 0.15) is 5.82 Å². The molecule has 1 amide bonds. The third kappa shape index (κ3) is 4.74. The number of halogens is 2. The Hall–Kier alpha value is -2.07. The highest BCUT2D eigenvalue weighted by atomic mass is 35.5. The summed E-state index contributed by atoms with van der Waals surface area (Å²) in [6.45, 7) is 1.06. The van der Waals surface area contributed by atoms with Gasteiger partial charge in [-0.2, -0.15) is 0 Å². The first-order valence-corrected chi connectivity index (χ1v) is 7.41. The largest absolute Gasteiger partial charge is 0.384 e. The van der Waals surface area contributed by atoms with E-state index < -0.39 is 5.82 Å². The summed E-state index contributed by atoms with van der Waals surface area (Å²) in [5.74, 6) is -0.407. The minimum Gasteiger partial charge on any atom is -0.384 e. The van der Waals surface area contributed by atoms with Crippen LogP contribution in [-0.4, -0.2) is 24.4 Å². The monoisotopic (exact) mass is 320 g/mol. The lowest BCUT2D eigenvalue weighted by atomic mass is 10.2. The minimum absolute atomic E-state index is 0.0459. The molecule has 0 aromatic heterocycles. The highest BCUT2D eigenvalue weighted by molar-refractivity contribution is 6.31. The number of benzene rings is 2. The highest BCUT2D eigenvalue weighted by Gasteiger charge is 2.09. The van der Waals surface area contributed by atoms with E-state index in [0.717, 1.165) is 5.56 Å². The SMILES string of the molecule is CN(Cc1ccccc1)C(=O)CCNc1ccc(F)c(Cl)c1. The van der Waals surface area contributed by atoms with Crippen LogP contribution in [0.25, 0.3) is 0 Å². The van der Waals surface area contributed by atoms with Crippen molar-refractivity contribution in [3.8, 4) is 0 Å². The average molecular weight is 321 g/mol. The van der Waals surface area contributed by atoms with Crippen LogP contribution >= 0.6 is 11.6 Å². The van der Waals surface area contributed by atoms with Crippen molar-refractivity contribution in [2.24, 2.45) is 0 Å². The number of amides is 1. The third-order valence-electron chi connectivity index (χ3n) is 3.28. The molecular weight excluding hydrogens is 303 g/mol. The predicted octanol–water partition coefficient (Wildman–Crippen LogP) is 3.94. The summed E-state index contributed by atoms with van der Waals surface area (Å²) in [5, 5.41) is 3.13. The van der Waals surface area contributed by atoms with Crippen molar-refractivity contribution in [2.45, 2.75) is 13.0 Å². The van der Waals surface area contributed by atoms with Gasteiger partial charge in [-0.15, -0.1) is 0 Å². The van der Waals surface area contributed by atoms with Crippen LogP contribution in [0.5, 0.6) is 0 Å². The minimum atomic E-state index is -0.453. The molecule has 2 aromatic carbocycles. The molecule has 0 aliphatic heterocycles. The van der Waals surface area contributed by atoms with Crippen molar-refractivity contribution >= 4 is 23.2 Å². The second kappa shape index (κ2) is 7.80. The molecule has 0 spiro atoms. The maximum absolute atomic E-state index is 13.0. The number of carbonyl (C=O) groups excluding carboxylic acids is 1. The molecule has 2 aromatic rings. The average Bonchev–Trinajstić information content (AvgIpc) is 2.51. The van der Waals surface area contributed by atoms with E-state index in [2.05, 4.69) is 5.32 Å². The van der Waals surface area contributed by atoms with Gasteiger partial charge in [0.2, 0.25) is 5.91 Å². The zero-order valence-corrected chi connectivity index (χ0v) is 13.1. The number of hydrogen-bond acceptors (Lipinski definition) is 2. The van der Waals surface area contributed by atoms with Crippen LogP contribution in [0.15, 0.2) is 48.5 Å². The Morgan fingerprint density at radius 1 is 1.23 bits per heavy atom. The molecule has 22 heavy (non-hydrogen) atoms. The Morgan fingerprint density at radius 3 is 2.64 bits per heavy atom. The number of nitrogens with zero attached hydrogens (tertiary/aromatic N) is 1. The van der Waals surface area contributed by atoms with Crippen LogP contribution in [-0.2, 0) is 11.3 Å². The summed E-state index contributed by atoms with van der Waals surface area (Å²) in [5.41, 5.74) is 1.79. The smallest absolute Gasteiger partial charge is 0.224 e. The molecule has 2 rings (SSSR count). The molecule has 0 fully saturated rings. The van der Waals surface area contributed by atoms with Gasteiger partial charge in [0.25, 0.3) is 0 Å². The van der Waals surface area contributed by atoms with Crippen LogP contribution in [0, 0.1) is 5.82 Å². The van der Waals surface area contributed by atoms with Gasteiger partial charge in [-0.3, -0.25) is 4.79 Å². The molecule has 1 N–H and O–H groups in total. The molecule has 0 bridgehead atoms. The fourth-order valence-electron chi connectivity index (χ4n) is 2.06. The summed E-state index contributed by atoms with van der Waals surface area (Å²) >= 11 is 5.71. The van der Waals surface area contributed by atoms with E-state index in [4.69, 9.17) is 11.6 Å². The van der Waals surface area contributed by atoms with Crippen molar-refractivity contribution < 1.29 is 9.18 Å². The molecule has 3 nitrogen and oxygen atoms in total. The van der Waals surface area contributed by atoms with Crippen molar-refractivity contribution in [1.82, 2.24) is 4.90 Å². The van der Waals surface area contributed by atoms with Gasteiger partial charge in [0, 0.05) is 32.2 Å². The Balaban J connectivity index is 1.78. The summed E-state index contributed by atoms with van der Waals surface area (Å²) in [7, 11) is 1.78. The molecule has 0 unspecified atom stereocenters. The van der Waals surface area contributed by atoms with E-state index in [-0.39, 0.29) is 10.9 Å². The number of carbonyl (C=O) groups is 1. The van der Waals surface area contributed by atoms with Gasteiger partial charge >= 0.3 is 0 Å². The molecule has 0 aliphatic carbocycles. The second-order valence-electron chi connectivity index (χ2n) is 5.04. The van der Waals surface area contributed by atoms with E-state index >= 15 is 0 Å². The lowest BCUT2D eigenvalue weighted by Gasteiger charge is -2.17. The Bertz CT molecular complexity index is 634. The van der Waals surface area contributed by atoms with Gasteiger partial charge in [0.05, 0.1) is 5.02 Å². The molecule has 116 valence electrons. The van der Waals surface area contributed by atoms with Gasteiger partial charge in [-0.1, -0.05) is 41.9 Å². The first-order chi connectivity index (χ1) is 10.6. The summed E-state index contributed by atoms with van der Waals surface area (Å²) in [4.78, 5) is 13.7. The quantitative estimate of drug-likeness (QED) is 0.874. The molecule has 0 saturated heterocycles. The van der Waals surface area contributed by atoms with E-state index in [9.17, 15) is 9.18 Å². The van der Waals surface area contributed by atoms with Crippen LogP contribution in [0.4, 0.5) is 10.1 Å². The summed E-state index contributed by atoms with van der Waals surface area (Å²) in [6.07, 6.45) is 0.359. The van der Waals surface area contributed by atoms with Gasteiger partial charge in [-0.05, 0) is 23.8 Å². The van der Waals surface area contributed by atoms with E-state index in [1.807, 2.05) is 30.3 Å². The fraction of sp³-hybridized carbons (Fsp3) is 0.235. The van der Waals surface area contributed by atoms with Crippen molar-refractivity contribution in [3.63, 3.8) is 0 Å². The van der Waals surface area contributed by atoms with Gasteiger partial charge in [0.15, 0.2) is 0 Å². The molecule has 0 radical (unpaired) electrons. The molecule has 0 saturated carbocycles. The zero-order valence-electron chi connectivity index (χ0n) is 12.4. The predicted molar refractivity (Wildman–Crippen MR) is 87.4 cm³/mol. The Labute approximate surface area is 134 Å². The second-order valence-corrected chi connectivity index (χ2v) is 5.45. The highest BCUT2D eigenvalue weighted by Crippen LogP contribution is 2.19. The van der Waals surface area contributed by atoms with Gasteiger partial charge in [-0.25, -0.2) is 4.39 Å². The van der Waals surface area contributed by atoms with E-state index in [0.29, 0.717) is 25.2 Å². The van der Waals surface area contributed by atoms with Crippen molar-refractivity contribution in [1.29, 1.82) is 0 Å². The molecule has 0 aliphatic rings. The Kier molecular flexibility index (Phi) is 5.78. The zero-order chi connectivity index (χ0) is 15.9. The number of rotatable bonds is 6. The standard InChI is InChI=1S/C17H18ClFN2O/c1-21(12-13-5-3-2-4-6-13)17(22)9-10-20-14-7-8-16(19)15(18)11-14/h2-8,11,20H,9-10,12H2,1H3. The Morgan fingerprint density at radius 2 is 1.95 bits per heavy atom. The third-order valence-corrected chi connectivity index (χ3v) is 3.57. The molecule has 5 heteroatoms. The van der Waals surface area contributed by atoms with E-state index in [1.54, 1.807) is 18.0 Å². The number of nitrogens with one attached hydrogen (secondary N) is 1. The fourth-order valence-corrected chi connectivity index (χ4v) is 2.24. The van der Waals surface area contributed by atoms with Crippen molar-refractivity contribution in [2.75, 3.05) is 18.9 Å². The van der Waals surface area contributed by atoms with Crippen LogP contribution < -0.4 is 5.32 Å². The maximum atomic E-state index is 13.0. The van der Waals surface area contributed by atoms with Gasteiger partial charge < -0.3 is 10.2 Å². The molecule has 0 heterocycles. The maximum Gasteiger partial charge on any atom is 0.224 e. The molecule has 0 atom stereocenters. The van der Waals surface area contributed by atoms with Crippen LogP contribution in [0.3, 0.4) is 0 Å². The first kappa shape index (κ1) is 16.3. The first-order valence-electron chi connectivity index (χ1n) is 7.03. The molecular formula is C17H18ClFN2O. The number of hydrogen-bond donors (Lipinski definition) is 1. The normalized spacial score (nSPS) is 10.3. The van der Waals surface area contributed by atoms with Crippen molar-refractivity contribution in [3.05, 3.63) is 64.9 Å².